The van der Waals surface area contributed by atoms with Crippen molar-refractivity contribution in [2.45, 2.75) is 38.6 Å². The number of aliphatic carboxylic acids is 1. The van der Waals surface area contributed by atoms with E-state index in [2.05, 4.69) is 23.7 Å². The second-order valence-electron chi connectivity index (χ2n) is 5.00. The van der Waals surface area contributed by atoms with Gasteiger partial charge in [0.25, 0.3) is 0 Å². The fourth-order valence-corrected chi connectivity index (χ4v) is 3.45. The van der Waals surface area contributed by atoms with Crippen LogP contribution in [0.15, 0.2) is 11.4 Å². The number of nitrogens with zero attached hydrogens (tertiary/aromatic N) is 1. The highest BCUT2D eigenvalue weighted by atomic mass is 32.1. The van der Waals surface area contributed by atoms with Crippen molar-refractivity contribution in [2.75, 3.05) is 13.1 Å². The summed E-state index contributed by atoms with van der Waals surface area (Å²) in [4.78, 5) is 25.8. The second-order valence-corrected chi connectivity index (χ2v) is 6.00. The summed E-state index contributed by atoms with van der Waals surface area (Å²) in [5, 5.41) is 13.5. The SMILES string of the molecule is CC1c2ccsc2CCN1C(=O)NCCCCC(=O)O. The predicted molar refractivity (Wildman–Crippen MR) is 78.0 cm³/mol. The topological polar surface area (TPSA) is 69.6 Å². The molecule has 5 nitrogen and oxygen atoms in total. The fraction of sp³-hybridized carbons (Fsp3) is 0.571. The molecule has 1 unspecified atom stereocenters. The standard InChI is InChI=1S/C14H20N2O3S/c1-10-11-6-9-20-12(11)5-8-16(10)14(19)15-7-3-2-4-13(17)18/h6,9-10H,2-5,7-8H2,1H3,(H,15,19)(H,17,18). The van der Waals surface area contributed by atoms with Crippen LogP contribution in [0, 0.1) is 0 Å². The molecule has 1 aliphatic rings. The Kier molecular flexibility index (Phi) is 5.00. The molecule has 0 aromatic carbocycles. The van der Waals surface area contributed by atoms with E-state index in [9.17, 15) is 9.59 Å². The molecule has 1 aromatic heterocycles. The van der Waals surface area contributed by atoms with Crippen LogP contribution in [0.5, 0.6) is 0 Å². The number of amides is 2. The van der Waals surface area contributed by atoms with Crippen LogP contribution in [-0.2, 0) is 11.2 Å². The number of unbranched alkanes of at least 4 members (excludes halogenated alkanes) is 1. The smallest absolute Gasteiger partial charge is 0.317 e. The molecule has 0 spiro atoms. The normalized spacial score (nSPS) is 17.6. The van der Waals surface area contributed by atoms with Crippen LogP contribution in [0.1, 0.15) is 42.7 Å². The lowest BCUT2D eigenvalue weighted by Crippen LogP contribution is -2.44. The molecule has 0 radical (unpaired) electrons. The largest absolute Gasteiger partial charge is 0.481 e. The van der Waals surface area contributed by atoms with Crippen LogP contribution in [0.4, 0.5) is 4.79 Å². The summed E-state index contributed by atoms with van der Waals surface area (Å²) in [7, 11) is 0. The first-order chi connectivity index (χ1) is 9.59. The number of carboxylic acid groups (broad SMARTS) is 1. The summed E-state index contributed by atoms with van der Waals surface area (Å²) >= 11 is 1.76. The Labute approximate surface area is 122 Å². The quantitative estimate of drug-likeness (QED) is 0.821. The van der Waals surface area contributed by atoms with E-state index in [1.807, 2.05) is 4.90 Å². The Morgan fingerprint density at radius 1 is 1.50 bits per heavy atom. The molecule has 20 heavy (non-hydrogen) atoms. The third-order valence-electron chi connectivity index (χ3n) is 3.63. The van der Waals surface area contributed by atoms with Crippen molar-refractivity contribution in [3.05, 3.63) is 21.9 Å². The van der Waals surface area contributed by atoms with Crippen LogP contribution in [0.25, 0.3) is 0 Å². The van der Waals surface area contributed by atoms with Crippen LogP contribution >= 0.6 is 11.3 Å². The molecular weight excluding hydrogens is 276 g/mol. The molecule has 6 heteroatoms. The maximum absolute atomic E-state index is 12.1. The van der Waals surface area contributed by atoms with Crippen molar-refractivity contribution < 1.29 is 14.7 Å². The number of carbonyl (C=O) groups is 2. The van der Waals surface area contributed by atoms with E-state index >= 15 is 0 Å². The minimum Gasteiger partial charge on any atom is -0.481 e. The highest BCUT2D eigenvalue weighted by Gasteiger charge is 2.27. The van der Waals surface area contributed by atoms with Crippen molar-refractivity contribution in [3.63, 3.8) is 0 Å². The second kappa shape index (κ2) is 6.74. The Morgan fingerprint density at radius 3 is 3.05 bits per heavy atom. The molecule has 2 amide bonds. The highest BCUT2D eigenvalue weighted by molar-refractivity contribution is 7.10. The van der Waals surface area contributed by atoms with Crippen LogP contribution in [0.3, 0.4) is 0 Å². The minimum absolute atomic E-state index is 0.0512. The van der Waals surface area contributed by atoms with Crippen molar-refractivity contribution in [2.24, 2.45) is 0 Å². The lowest BCUT2D eigenvalue weighted by atomic mass is 10.0. The Balaban J connectivity index is 1.78. The first kappa shape index (κ1) is 14.8. The van der Waals surface area contributed by atoms with E-state index in [-0.39, 0.29) is 18.5 Å². The molecule has 0 fully saturated rings. The van der Waals surface area contributed by atoms with Gasteiger partial charge in [-0.3, -0.25) is 4.79 Å². The van der Waals surface area contributed by atoms with Crippen molar-refractivity contribution in [1.82, 2.24) is 10.2 Å². The molecule has 0 bridgehead atoms. The monoisotopic (exact) mass is 296 g/mol. The summed E-state index contributed by atoms with van der Waals surface area (Å²) in [6.45, 7) is 3.33. The number of hydrogen-bond donors (Lipinski definition) is 2. The van der Waals surface area contributed by atoms with E-state index < -0.39 is 5.97 Å². The van der Waals surface area contributed by atoms with Gasteiger partial charge in [-0.1, -0.05) is 0 Å². The number of rotatable bonds is 5. The van der Waals surface area contributed by atoms with Gasteiger partial charge in [0.15, 0.2) is 0 Å². The molecule has 0 saturated heterocycles. The number of fused-ring (bicyclic) bond motifs is 1. The first-order valence-electron chi connectivity index (χ1n) is 6.92. The van der Waals surface area contributed by atoms with Gasteiger partial charge in [0.2, 0.25) is 0 Å². The van der Waals surface area contributed by atoms with Crippen molar-refractivity contribution >= 4 is 23.3 Å². The molecule has 1 atom stereocenters. The van der Waals surface area contributed by atoms with Gasteiger partial charge < -0.3 is 15.3 Å². The van der Waals surface area contributed by atoms with Gasteiger partial charge >= 0.3 is 12.0 Å². The van der Waals surface area contributed by atoms with Gasteiger partial charge in [-0.2, -0.15) is 0 Å². The maximum Gasteiger partial charge on any atom is 0.317 e. The Bertz CT molecular complexity index is 487. The zero-order valence-electron chi connectivity index (χ0n) is 11.6. The molecular formula is C14H20N2O3S. The van der Waals surface area contributed by atoms with Crippen molar-refractivity contribution in [1.29, 1.82) is 0 Å². The minimum atomic E-state index is -0.786. The summed E-state index contributed by atoms with van der Waals surface area (Å²) in [6.07, 6.45) is 2.38. The van der Waals surface area contributed by atoms with E-state index in [0.29, 0.717) is 19.4 Å². The third-order valence-corrected chi connectivity index (χ3v) is 4.63. The fourth-order valence-electron chi connectivity index (χ4n) is 2.49. The molecule has 1 aromatic rings. The number of carbonyl (C=O) groups excluding carboxylic acids is 1. The first-order valence-corrected chi connectivity index (χ1v) is 7.80. The van der Waals surface area contributed by atoms with Gasteiger partial charge in [0.1, 0.15) is 0 Å². The van der Waals surface area contributed by atoms with Crippen LogP contribution in [0.2, 0.25) is 0 Å². The van der Waals surface area contributed by atoms with E-state index in [4.69, 9.17) is 5.11 Å². The van der Waals surface area contributed by atoms with E-state index in [1.165, 1.54) is 10.4 Å². The average molecular weight is 296 g/mol. The summed E-state index contributed by atoms with van der Waals surface area (Å²) in [5.41, 5.74) is 1.25. The van der Waals surface area contributed by atoms with Gasteiger partial charge in [-0.05, 0) is 43.2 Å². The van der Waals surface area contributed by atoms with Gasteiger partial charge in [-0.25, -0.2) is 4.79 Å². The van der Waals surface area contributed by atoms with Crippen LogP contribution < -0.4 is 5.32 Å². The third kappa shape index (κ3) is 3.50. The Hall–Kier alpha value is -1.56. The average Bonchev–Trinajstić information content (AvgIpc) is 2.87. The van der Waals surface area contributed by atoms with E-state index in [1.54, 1.807) is 11.3 Å². The number of carboxylic acids is 1. The molecule has 0 aliphatic carbocycles. The lowest BCUT2D eigenvalue weighted by molar-refractivity contribution is -0.137. The predicted octanol–water partition coefficient (Wildman–Crippen LogP) is 2.63. The molecule has 2 heterocycles. The molecule has 0 saturated carbocycles. The van der Waals surface area contributed by atoms with Gasteiger partial charge in [0.05, 0.1) is 6.04 Å². The van der Waals surface area contributed by atoms with Crippen LogP contribution in [-0.4, -0.2) is 35.1 Å². The lowest BCUT2D eigenvalue weighted by Gasteiger charge is -2.33. The Morgan fingerprint density at radius 2 is 2.30 bits per heavy atom. The molecule has 110 valence electrons. The number of thiophene rings is 1. The summed E-state index contributed by atoms with van der Waals surface area (Å²) in [6, 6.07) is 2.16. The highest BCUT2D eigenvalue weighted by Crippen LogP contribution is 2.32. The molecule has 2 rings (SSSR count). The molecule has 2 N–H and O–H groups in total. The van der Waals surface area contributed by atoms with Gasteiger partial charge in [0, 0.05) is 24.4 Å². The zero-order valence-corrected chi connectivity index (χ0v) is 12.4. The number of urea groups is 1. The summed E-state index contributed by atoms with van der Waals surface area (Å²) < 4.78 is 0. The summed E-state index contributed by atoms with van der Waals surface area (Å²) in [5.74, 6) is -0.786. The number of hydrogen-bond acceptors (Lipinski definition) is 3. The molecule has 1 aliphatic heterocycles. The zero-order chi connectivity index (χ0) is 14.5. The van der Waals surface area contributed by atoms with E-state index in [0.717, 1.165) is 13.0 Å². The maximum atomic E-state index is 12.1. The number of nitrogens with one attached hydrogen (secondary N) is 1. The van der Waals surface area contributed by atoms with Crippen molar-refractivity contribution in [3.8, 4) is 0 Å². The van der Waals surface area contributed by atoms with Gasteiger partial charge in [-0.15, -0.1) is 11.3 Å².